The van der Waals surface area contributed by atoms with Gasteiger partial charge >= 0.3 is 0 Å². The Labute approximate surface area is 99.1 Å². The van der Waals surface area contributed by atoms with Crippen molar-refractivity contribution in [1.82, 2.24) is 0 Å². The lowest BCUT2D eigenvalue weighted by atomic mass is 10.0. The van der Waals surface area contributed by atoms with Crippen LogP contribution in [0.2, 0.25) is 0 Å². The van der Waals surface area contributed by atoms with E-state index in [1.54, 1.807) is 0 Å². The average molecular weight is 224 g/mol. The highest BCUT2D eigenvalue weighted by molar-refractivity contribution is 6.07. The summed E-state index contributed by atoms with van der Waals surface area (Å²) in [7, 11) is 0. The third-order valence-corrected chi connectivity index (χ3v) is 2.65. The van der Waals surface area contributed by atoms with Gasteiger partial charge in [0.15, 0.2) is 0 Å². The van der Waals surface area contributed by atoms with E-state index in [1.165, 1.54) is 21.5 Å². The van der Waals surface area contributed by atoms with E-state index in [0.717, 1.165) is 0 Å². The van der Waals surface area contributed by atoms with Crippen LogP contribution < -0.4 is 0 Å². The minimum absolute atomic E-state index is 0.250. The standard InChI is InChI=1S/C14H10.CH2O2/c1-3-7-13-11(5-1)9-10-12-6-2-4-8-14(12)13;2-1-3/h1-10H;1H,(H,2,3). The zero-order valence-electron chi connectivity index (χ0n) is 9.21. The summed E-state index contributed by atoms with van der Waals surface area (Å²) in [5.41, 5.74) is 0. The van der Waals surface area contributed by atoms with Gasteiger partial charge in [-0.25, -0.2) is 0 Å². The Morgan fingerprint density at radius 2 is 1.06 bits per heavy atom. The summed E-state index contributed by atoms with van der Waals surface area (Å²) in [5, 5.41) is 12.2. The number of hydrogen-bond donors (Lipinski definition) is 1. The topological polar surface area (TPSA) is 37.3 Å². The molecule has 3 aromatic rings. The van der Waals surface area contributed by atoms with Gasteiger partial charge in [-0.3, -0.25) is 4.79 Å². The smallest absolute Gasteiger partial charge is 0.290 e. The van der Waals surface area contributed by atoms with Crippen molar-refractivity contribution in [3.63, 3.8) is 0 Å². The molecular formula is C15H12O2. The third-order valence-electron chi connectivity index (χ3n) is 2.65. The molecule has 0 saturated heterocycles. The summed E-state index contributed by atoms with van der Waals surface area (Å²) in [6.07, 6.45) is 0. The molecule has 0 heterocycles. The Hall–Kier alpha value is -2.35. The minimum Gasteiger partial charge on any atom is -0.483 e. The molecule has 2 heteroatoms. The lowest BCUT2D eigenvalue weighted by molar-refractivity contribution is -0.122. The molecule has 1 N–H and O–H groups in total. The molecule has 84 valence electrons. The molecule has 0 amide bonds. The maximum atomic E-state index is 8.36. The Bertz CT molecular complexity index is 590. The highest BCUT2D eigenvalue weighted by atomic mass is 16.3. The molecule has 0 spiro atoms. The van der Waals surface area contributed by atoms with E-state index < -0.39 is 0 Å². The molecule has 0 aliphatic heterocycles. The quantitative estimate of drug-likeness (QED) is 0.467. The molecule has 0 atom stereocenters. The molecule has 0 saturated carbocycles. The van der Waals surface area contributed by atoms with Crippen molar-refractivity contribution in [3.8, 4) is 0 Å². The normalized spacial score (nSPS) is 9.65. The van der Waals surface area contributed by atoms with E-state index in [9.17, 15) is 0 Å². The van der Waals surface area contributed by atoms with Crippen molar-refractivity contribution in [2.75, 3.05) is 0 Å². The van der Waals surface area contributed by atoms with E-state index in [-0.39, 0.29) is 6.47 Å². The fraction of sp³-hybridized carbons (Fsp3) is 0. The van der Waals surface area contributed by atoms with Crippen LogP contribution in [0.5, 0.6) is 0 Å². The first-order valence-corrected chi connectivity index (χ1v) is 5.31. The van der Waals surface area contributed by atoms with Crippen LogP contribution in [0.25, 0.3) is 21.5 Å². The average Bonchev–Trinajstić information content (AvgIpc) is 2.40. The van der Waals surface area contributed by atoms with Gasteiger partial charge in [0, 0.05) is 0 Å². The fourth-order valence-electron chi connectivity index (χ4n) is 1.95. The SMILES string of the molecule is O=CO.c1ccc2c(c1)ccc1ccccc12. The molecule has 0 fully saturated rings. The number of fused-ring (bicyclic) bond motifs is 3. The van der Waals surface area contributed by atoms with Gasteiger partial charge in [-0.1, -0.05) is 60.7 Å². The van der Waals surface area contributed by atoms with Crippen LogP contribution in [0, 0.1) is 0 Å². The van der Waals surface area contributed by atoms with Crippen molar-refractivity contribution in [1.29, 1.82) is 0 Å². The molecule has 0 aliphatic rings. The highest BCUT2D eigenvalue weighted by Crippen LogP contribution is 2.24. The van der Waals surface area contributed by atoms with Crippen LogP contribution in [0.1, 0.15) is 0 Å². The molecular weight excluding hydrogens is 212 g/mol. The van der Waals surface area contributed by atoms with Crippen LogP contribution in [0.4, 0.5) is 0 Å². The van der Waals surface area contributed by atoms with Gasteiger partial charge in [0.2, 0.25) is 0 Å². The van der Waals surface area contributed by atoms with Crippen molar-refractivity contribution in [2.24, 2.45) is 0 Å². The van der Waals surface area contributed by atoms with Gasteiger partial charge in [-0.05, 0) is 21.5 Å². The fourth-order valence-corrected chi connectivity index (χ4v) is 1.95. The predicted octanol–water partition coefficient (Wildman–Crippen LogP) is 3.69. The van der Waals surface area contributed by atoms with Gasteiger partial charge in [0.05, 0.1) is 0 Å². The predicted molar refractivity (Wildman–Crippen MR) is 70.1 cm³/mol. The van der Waals surface area contributed by atoms with Gasteiger partial charge in [0.25, 0.3) is 6.47 Å². The van der Waals surface area contributed by atoms with Gasteiger partial charge in [0.1, 0.15) is 0 Å². The summed E-state index contributed by atoms with van der Waals surface area (Å²) in [5.74, 6) is 0. The Balaban J connectivity index is 0.000000329. The van der Waals surface area contributed by atoms with Crippen LogP contribution in [0.3, 0.4) is 0 Å². The molecule has 0 bridgehead atoms. The largest absolute Gasteiger partial charge is 0.483 e. The minimum atomic E-state index is -0.250. The maximum absolute atomic E-state index is 8.36. The van der Waals surface area contributed by atoms with E-state index in [2.05, 4.69) is 60.7 Å². The van der Waals surface area contributed by atoms with E-state index in [1.807, 2.05) is 0 Å². The monoisotopic (exact) mass is 224 g/mol. The molecule has 2 nitrogen and oxygen atoms in total. The number of carbonyl (C=O) groups is 1. The van der Waals surface area contributed by atoms with Gasteiger partial charge < -0.3 is 5.11 Å². The van der Waals surface area contributed by atoms with Crippen molar-refractivity contribution in [2.45, 2.75) is 0 Å². The number of hydrogen-bond acceptors (Lipinski definition) is 1. The van der Waals surface area contributed by atoms with E-state index in [4.69, 9.17) is 9.90 Å². The summed E-state index contributed by atoms with van der Waals surface area (Å²) in [4.78, 5) is 8.36. The second-order valence-corrected chi connectivity index (χ2v) is 3.61. The van der Waals surface area contributed by atoms with Crippen LogP contribution >= 0.6 is 0 Å². The molecule has 0 radical (unpaired) electrons. The van der Waals surface area contributed by atoms with Crippen molar-refractivity contribution >= 4 is 28.0 Å². The van der Waals surface area contributed by atoms with Gasteiger partial charge in [-0.2, -0.15) is 0 Å². The first kappa shape index (κ1) is 11.1. The zero-order valence-corrected chi connectivity index (χ0v) is 9.21. The summed E-state index contributed by atoms with van der Waals surface area (Å²) < 4.78 is 0. The van der Waals surface area contributed by atoms with Crippen LogP contribution in [0.15, 0.2) is 60.7 Å². The lowest BCUT2D eigenvalue weighted by Gasteiger charge is -2.02. The molecule has 0 aliphatic carbocycles. The highest BCUT2D eigenvalue weighted by Gasteiger charge is 1.97. The van der Waals surface area contributed by atoms with Crippen LogP contribution in [-0.4, -0.2) is 11.6 Å². The van der Waals surface area contributed by atoms with Crippen molar-refractivity contribution in [3.05, 3.63) is 60.7 Å². The van der Waals surface area contributed by atoms with Crippen molar-refractivity contribution < 1.29 is 9.90 Å². The van der Waals surface area contributed by atoms with E-state index >= 15 is 0 Å². The number of carboxylic acid groups (broad SMARTS) is 1. The Kier molecular flexibility index (Phi) is 3.36. The zero-order chi connectivity index (χ0) is 12.1. The van der Waals surface area contributed by atoms with E-state index in [0.29, 0.717) is 0 Å². The summed E-state index contributed by atoms with van der Waals surface area (Å²) in [6.45, 7) is -0.250. The Morgan fingerprint density at radius 3 is 1.47 bits per heavy atom. The maximum Gasteiger partial charge on any atom is 0.290 e. The Morgan fingerprint density at radius 1 is 0.706 bits per heavy atom. The number of rotatable bonds is 0. The molecule has 3 aromatic carbocycles. The second kappa shape index (κ2) is 5.12. The molecule has 17 heavy (non-hydrogen) atoms. The van der Waals surface area contributed by atoms with Crippen LogP contribution in [-0.2, 0) is 4.79 Å². The number of benzene rings is 3. The van der Waals surface area contributed by atoms with Gasteiger partial charge in [-0.15, -0.1) is 0 Å². The molecule has 0 unspecified atom stereocenters. The first-order valence-electron chi connectivity index (χ1n) is 5.31. The third kappa shape index (κ3) is 2.26. The molecule has 0 aromatic heterocycles. The first-order chi connectivity index (χ1) is 8.36. The lowest BCUT2D eigenvalue weighted by Crippen LogP contribution is -1.75. The molecule has 3 rings (SSSR count). The summed E-state index contributed by atoms with van der Waals surface area (Å²) in [6, 6.07) is 21.4. The second-order valence-electron chi connectivity index (χ2n) is 3.61. The summed E-state index contributed by atoms with van der Waals surface area (Å²) >= 11 is 0.